The summed E-state index contributed by atoms with van der Waals surface area (Å²) in [4.78, 5) is 7.35. The summed E-state index contributed by atoms with van der Waals surface area (Å²) in [5, 5.41) is 0. The van der Waals surface area contributed by atoms with Gasteiger partial charge in [-0.2, -0.15) is 0 Å². The highest BCUT2D eigenvalue weighted by molar-refractivity contribution is 5.72. The molecule has 3 rings (SSSR count). The largest absolute Gasteiger partial charge is 0.490 e. The smallest absolute Gasteiger partial charge is 0.140 e. The van der Waals surface area contributed by atoms with Gasteiger partial charge in [-0.1, -0.05) is 31.5 Å². The van der Waals surface area contributed by atoms with Gasteiger partial charge >= 0.3 is 0 Å². The monoisotopic (exact) mass is 352 g/mol. The predicted molar refractivity (Wildman–Crippen MR) is 110 cm³/mol. The number of nitrogens with zero attached hydrogens (tertiary/aromatic N) is 2. The predicted octanol–water partition coefficient (Wildman–Crippen LogP) is 5.97. The number of hydrogen-bond acceptors (Lipinski definition) is 3. The minimum atomic E-state index is 0.277. The average molecular weight is 353 g/mol. The number of aryl methyl sites for hydroxylation is 4. The Labute approximate surface area is 158 Å². The van der Waals surface area contributed by atoms with Crippen LogP contribution in [-0.4, -0.2) is 17.6 Å². The van der Waals surface area contributed by atoms with Crippen molar-refractivity contribution in [2.75, 3.05) is 11.4 Å². The van der Waals surface area contributed by atoms with Crippen LogP contribution in [0.4, 0.5) is 11.5 Å². The molecule has 0 aliphatic carbocycles. The highest BCUT2D eigenvalue weighted by Gasteiger charge is 2.26. The minimum Gasteiger partial charge on any atom is -0.490 e. The van der Waals surface area contributed by atoms with Crippen LogP contribution in [0.2, 0.25) is 0 Å². The maximum absolute atomic E-state index is 6.39. The van der Waals surface area contributed by atoms with Gasteiger partial charge in [-0.15, -0.1) is 0 Å². The van der Waals surface area contributed by atoms with E-state index < -0.39 is 0 Å². The van der Waals surface area contributed by atoms with Gasteiger partial charge in [0.05, 0.1) is 6.10 Å². The highest BCUT2D eigenvalue weighted by atomic mass is 16.5. The lowest BCUT2D eigenvalue weighted by molar-refractivity contribution is 0.190. The number of anilines is 2. The van der Waals surface area contributed by atoms with Crippen molar-refractivity contribution in [2.45, 2.75) is 73.3 Å². The maximum Gasteiger partial charge on any atom is 0.140 e. The molecular weight excluding hydrogens is 320 g/mol. The lowest BCUT2D eigenvalue weighted by Gasteiger charge is -2.34. The van der Waals surface area contributed by atoms with E-state index in [0.717, 1.165) is 49.5 Å². The lowest BCUT2D eigenvalue weighted by atomic mass is 9.99. The van der Waals surface area contributed by atoms with Crippen molar-refractivity contribution in [3.8, 4) is 5.75 Å². The van der Waals surface area contributed by atoms with E-state index in [0.29, 0.717) is 0 Å². The van der Waals surface area contributed by atoms with Crippen molar-refractivity contribution in [3.05, 3.63) is 46.1 Å². The molecule has 0 fully saturated rings. The van der Waals surface area contributed by atoms with E-state index in [-0.39, 0.29) is 6.10 Å². The van der Waals surface area contributed by atoms with Crippen LogP contribution in [0.3, 0.4) is 0 Å². The zero-order valence-corrected chi connectivity index (χ0v) is 17.1. The van der Waals surface area contributed by atoms with E-state index in [4.69, 9.17) is 9.72 Å². The van der Waals surface area contributed by atoms with Crippen LogP contribution >= 0.6 is 0 Å². The number of rotatable bonds is 5. The summed E-state index contributed by atoms with van der Waals surface area (Å²) in [5.74, 6) is 2.13. The standard InChI is InChI=1S/C23H32N2O/c1-7-19(8-2)26-21-14-18(6)24-23-20(21)10-9-11-25(23)22-16(4)12-15(3)13-17(22)5/h12-14,19H,7-11H2,1-6H3. The molecule has 0 unspecified atom stereocenters. The van der Waals surface area contributed by atoms with E-state index in [9.17, 15) is 0 Å². The molecule has 0 radical (unpaired) electrons. The Kier molecular flexibility index (Phi) is 5.55. The van der Waals surface area contributed by atoms with Gasteiger partial charge in [0.15, 0.2) is 0 Å². The SMILES string of the molecule is CCC(CC)Oc1cc(C)nc2c1CCCN2c1c(C)cc(C)cc1C. The van der Waals surface area contributed by atoms with Crippen LogP contribution in [0.1, 0.15) is 61.1 Å². The number of fused-ring (bicyclic) bond motifs is 1. The molecule has 0 bridgehead atoms. The second kappa shape index (κ2) is 7.69. The zero-order valence-electron chi connectivity index (χ0n) is 17.1. The molecule has 1 aromatic heterocycles. The number of hydrogen-bond donors (Lipinski definition) is 0. The molecule has 140 valence electrons. The minimum absolute atomic E-state index is 0.277. The van der Waals surface area contributed by atoms with Gasteiger partial charge < -0.3 is 9.64 Å². The van der Waals surface area contributed by atoms with Crippen LogP contribution in [0.5, 0.6) is 5.75 Å². The van der Waals surface area contributed by atoms with Crippen molar-refractivity contribution in [1.29, 1.82) is 0 Å². The molecule has 2 aromatic rings. The van der Waals surface area contributed by atoms with Crippen LogP contribution in [0.15, 0.2) is 18.2 Å². The van der Waals surface area contributed by atoms with E-state index in [2.05, 4.69) is 64.6 Å². The normalized spacial score (nSPS) is 13.9. The Bertz CT molecular complexity index is 770. The third-order valence-electron chi connectivity index (χ3n) is 5.36. The summed E-state index contributed by atoms with van der Waals surface area (Å²) in [7, 11) is 0. The average Bonchev–Trinajstić information content (AvgIpc) is 2.59. The topological polar surface area (TPSA) is 25.4 Å². The number of ether oxygens (including phenoxy) is 1. The fourth-order valence-corrected chi connectivity index (χ4v) is 4.19. The number of benzene rings is 1. The molecule has 1 aliphatic heterocycles. The summed E-state index contributed by atoms with van der Waals surface area (Å²) in [5.41, 5.74) is 7.56. The summed E-state index contributed by atoms with van der Waals surface area (Å²) >= 11 is 0. The Hall–Kier alpha value is -2.03. The summed E-state index contributed by atoms with van der Waals surface area (Å²) < 4.78 is 6.39. The maximum atomic E-state index is 6.39. The molecule has 3 nitrogen and oxygen atoms in total. The van der Waals surface area contributed by atoms with Crippen molar-refractivity contribution >= 4 is 11.5 Å². The first kappa shape index (κ1) is 18.8. The van der Waals surface area contributed by atoms with Gasteiger partial charge in [0.1, 0.15) is 11.6 Å². The summed E-state index contributed by atoms with van der Waals surface area (Å²) in [6.07, 6.45) is 4.51. The molecule has 0 atom stereocenters. The molecule has 2 heterocycles. The van der Waals surface area contributed by atoms with Crippen LogP contribution < -0.4 is 9.64 Å². The second-order valence-electron chi connectivity index (χ2n) is 7.62. The molecule has 1 aliphatic rings. The Balaban J connectivity index is 2.09. The highest BCUT2D eigenvalue weighted by Crippen LogP contribution is 2.40. The Morgan fingerprint density at radius 2 is 1.69 bits per heavy atom. The first-order valence-corrected chi connectivity index (χ1v) is 9.97. The molecule has 3 heteroatoms. The van der Waals surface area contributed by atoms with Gasteiger partial charge in [0, 0.05) is 29.6 Å². The first-order chi connectivity index (χ1) is 12.4. The van der Waals surface area contributed by atoms with Crippen LogP contribution in [-0.2, 0) is 6.42 Å². The van der Waals surface area contributed by atoms with Gasteiger partial charge in [0.2, 0.25) is 0 Å². The van der Waals surface area contributed by atoms with Crippen molar-refractivity contribution in [1.82, 2.24) is 4.98 Å². The van der Waals surface area contributed by atoms with Crippen molar-refractivity contribution < 1.29 is 4.74 Å². The van der Waals surface area contributed by atoms with Crippen LogP contribution in [0, 0.1) is 27.7 Å². The molecule has 0 saturated heterocycles. The third kappa shape index (κ3) is 3.58. The third-order valence-corrected chi connectivity index (χ3v) is 5.36. The van der Waals surface area contributed by atoms with Crippen molar-refractivity contribution in [3.63, 3.8) is 0 Å². The molecular formula is C23H32N2O. The fraction of sp³-hybridized carbons (Fsp3) is 0.522. The molecule has 0 saturated carbocycles. The van der Waals surface area contributed by atoms with E-state index in [1.165, 1.54) is 27.9 Å². The Morgan fingerprint density at radius 3 is 2.31 bits per heavy atom. The van der Waals surface area contributed by atoms with Crippen LogP contribution in [0.25, 0.3) is 0 Å². The van der Waals surface area contributed by atoms with Gasteiger partial charge in [-0.3, -0.25) is 0 Å². The van der Waals surface area contributed by atoms with E-state index in [1.54, 1.807) is 0 Å². The summed E-state index contributed by atoms with van der Waals surface area (Å²) in [6, 6.07) is 6.66. The molecule has 1 aromatic carbocycles. The number of aromatic nitrogens is 1. The summed E-state index contributed by atoms with van der Waals surface area (Å²) in [6.45, 7) is 14.1. The quantitative estimate of drug-likeness (QED) is 0.663. The second-order valence-corrected chi connectivity index (χ2v) is 7.62. The van der Waals surface area contributed by atoms with E-state index in [1.807, 2.05) is 0 Å². The van der Waals surface area contributed by atoms with Gasteiger partial charge in [0.25, 0.3) is 0 Å². The molecule has 0 spiro atoms. The van der Waals surface area contributed by atoms with Crippen molar-refractivity contribution in [2.24, 2.45) is 0 Å². The van der Waals surface area contributed by atoms with Gasteiger partial charge in [-0.05, 0) is 64.5 Å². The first-order valence-electron chi connectivity index (χ1n) is 9.97. The Morgan fingerprint density at radius 1 is 1.04 bits per heavy atom. The molecule has 0 N–H and O–H groups in total. The lowest BCUT2D eigenvalue weighted by Crippen LogP contribution is -2.28. The fourth-order valence-electron chi connectivity index (χ4n) is 4.19. The molecule has 26 heavy (non-hydrogen) atoms. The zero-order chi connectivity index (χ0) is 18.8. The number of pyridine rings is 1. The van der Waals surface area contributed by atoms with E-state index >= 15 is 0 Å². The molecule has 0 amide bonds. The van der Waals surface area contributed by atoms with Gasteiger partial charge in [-0.25, -0.2) is 4.98 Å².